The Kier molecular flexibility index (Phi) is 5.15. The van der Waals surface area contributed by atoms with E-state index in [2.05, 4.69) is 55.7 Å². The van der Waals surface area contributed by atoms with Crippen molar-refractivity contribution in [1.82, 2.24) is 5.32 Å². The minimum atomic E-state index is -0.257. The molecule has 2 aromatic rings. The van der Waals surface area contributed by atoms with Crippen molar-refractivity contribution in [2.24, 2.45) is 0 Å². The van der Waals surface area contributed by atoms with E-state index in [9.17, 15) is 0 Å². The largest absolute Gasteiger partial charge is 0.487 e. The molecule has 134 valence electrons. The standard InChI is InChI=1S/C21H23N3OS/c1-14-4-9-17-18(13-21(2,3)25-19(17)12-14)24-20(26)23-16-7-5-15(6-8-16)10-11-22/h4-9,12,18H,10,13H2,1-3H3,(H2,23,24,26)/t18-/m1/s1. The Balaban J connectivity index is 1.72. The lowest BCUT2D eigenvalue weighted by atomic mass is 9.89. The zero-order chi connectivity index (χ0) is 18.7. The third-order valence-corrected chi connectivity index (χ3v) is 4.65. The maximum atomic E-state index is 8.75. The average Bonchev–Trinajstić information content (AvgIpc) is 2.55. The van der Waals surface area contributed by atoms with Crippen LogP contribution in [-0.4, -0.2) is 10.7 Å². The SMILES string of the molecule is Cc1ccc2c(c1)OC(C)(C)C[C@H]2NC(=S)Nc1ccc(CC#N)cc1. The average molecular weight is 366 g/mol. The number of hydrogen-bond donors (Lipinski definition) is 2. The molecule has 0 saturated carbocycles. The van der Waals surface area contributed by atoms with Crippen molar-refractivity contribution >= 4 is 23.0 Å². The fourth-order valence-electron chi connectivity index (χ4n) is 3.21. The summed E-state index contributed by atoms with van der Waals surface area (Å²) in [6.45, 7) is 6.25. The van der Waals surface area contributed by atoms with Gasteiger partial charge in [0.25, 0.3) is 0 Å². The number of thiocarbonyl (C=S) groups is 1. The van der Waals surface area contributed by atoms with Crippen LogP contribution < -0.4 is 15.4 Å². The monoisotopic (exact) mass is 365 g/mol. The topological polar surface area (TPSA) is 57.1 Å². The quantitative estimate of drug-likeness (QED) is 0.776. The first-order valence-corrected chi connectivity index (χ1v) is 9.10. The second kappa shape index (κ2) is 7.35. The first kappa shape index (κ1) is 18.2. The van der Waals surface area contributed by atoms with Crippen molar-refractivity contribution in [1.29, 1.82) is 5.26 Å². The molecule has 0 unspecified atom stereocenters. The molecule has 2 N–H and O–H groups in total. The third-order valence-electron chi connectivity index (χ3n) is 4.43. The number of nitrogens with one attached hydrogen (secondary N) is 2. The van der Waals surface area contributed by atoms with Gasteiger partial charge in [0.1, 0.15) is 11.4 Å². The van der Waals surface area contributed by atoms with Gasteiger partial charge in [-0.25, -0.2) is 0 Å². The van der Waals surface area contributed by atoms with Crippen molar-refractivity contribution in [3.63, 3.8) is 0 Å². The summed E-state index contributed by atoms with van der Waals surface area (Å²) in [6.07, 6.45) is 1.24. The van der Waals surface area contributed by atoms with Crippen molar-refractivity contribution in [3.8, 4) is 11.8 Å². The van der Waals surface area contributed by atoms with E-state index in [0.717, 1.165) is 29.0 Å². The van der Waals surface area contributed by atoms with Crippen molar-refractivity contribution in [3.05, 3.63) is 59.2 Å². The van der Waals surface area contributed by atoms with Crippen molar-refractivity contribution in [2.45, 2.75) is 45.3 Å². The van der Waals surface area contributed by atoms with Crippen LogP contribution in [0.15, 0.2) is 42.5 Å². The number of benzene rings is 2. The number of hydrogen-bond acceptors (Lipinski definition) is 3. The molecule has 26 heavy (non-hydrogen) atoms. The highest BCUT2D eigenvalue weighted by Crippen LogP contribution is 2.39. The zero-order valence-electron chi connectivity index (χ0n) is 15.3. The van der Waals surface area contributed by atoms with Gasteiger partial charge in [-0.3, -0.25) is 0 Å². The number of fused-ring (bicyclic) bond motifs is 1. The molecule has 0 spiro atoms. The molecular weight excluding hydrogens is 342 g/mol. The first-order chi connectivity index (χ1) is 12.4. The summed E-state index contributed by atoms with van der Waals surface area (Å²) in [4.78, 5) is 0. The Morgan fingerprint density at radius 2 is 2.00 bits per heavy atom. The van der Waals surface area contributed by atoms with Gasteiger partial charge in [0.2, 0.25) is 0 Å². The van der Waals surface area contributed by atoms with Crippen LogP contribution in [0.25, 0.3) is 0 Å². The molecule has 1 aliphatic rings. The normalized spacial score (nSPS) is 17.4. The van der Waals surface area contributed by atoms with Crippen LogP contribution in [-0.2, 0) is 6.42 Å². The fraction of sp³-hybridized carbons (Fsp3) is 0.333. The van der Waals surface area contributed by atoms with E-state index in [-0.39, 0.29) is 11.6 Å². The van der Waals surface area contributed by atoms with Crippen molar-refractivity contribution in [2.75, 3.05) is 5.32 Å². The van der Waals surface area contributed by atoms with Gasteiger partial charge in [0, 0.05) is 17.7 Å². The number of anilines is 1. The molecule has 3 rings (SSSR count). The molecule has 0 saturated heterocycles. The molecule has 0 fully saturated rings. The molecular formula is C21H23N3OS. The minimum absolute atomic E-state index is 0.0900. The van der Waals surface area contributed by atoms with E-state index >= 15 is 0 Å². The predicted molar refractivity (Wildman–Crippen MR) is 108 cm³/mol. The molecule has 4 nitrogen and oxygen atoms in total. The summed E-state index contributed by atoms with van der Waals surface area (Å²) in [6, 6.07) is 16.3. The van der Waals surface area contributed by atoms with E-state index in [4.69, 9.17) is 22.2 Å². The van der Waals surface area contributed by atoms with Crippen molar-refractivity contribution < 1.29 is 4.74 Å². The molecule has 2 aromatic carbocycles. The molecule has 0 aromatic heterocycles. The molecule has 0 radical (unpaired) electrons. The van der Waals surface area contributed by atoms with Crippen LogP contribution in [0.1, 0.15) is 43.0 Å². The van der Waals surface area contributed by atoms with E-state index < -0.39 is 0 Å². The van der Waals surface area contributed by atoms with Gasteiger partial charge < -0.3 is 15.4 Å². The molecule has 0 aliphatic carbocycles. The highest BCUT2D eigenvalue weighted by Gasteiger charge is 2.34. The summed E-state index contributed by atoms with van der Waals surface area (Å²) in [7, 11) is 0. The second-order valence-electron chi connectivity index (χ2n) is 7.29. The summed E-state index contributed by atoms with van der Waals surface area (Å²) in [5.74, 6) is 0.919. The Bertz CT molecular complexity index is 853. The Labute approximate surface area is 160 Å². The van der Waals surface area contributed by atoms with Crippen LogP contribution >= 0.6 is 12.2 Å². The van der Waals surface area contributed by atoms with Gasteiger partial charge in [0.05, 0.1) is 18.5 Å². The lowest BCUT2D eigenvalue weighted by Gasteiger charge is -2.38. The maximum Gasteiger partial charge on any atom is 0.171 e. The smallest absolute Gasteiger partial charge is 0.171 e. The molecule has 5 heteroatoms. The first-order valence-electron chi connectivity index (χ1n) is 8.69. The van der Waals surface area contributed by atoms with Crippen LogP contribution in [0.4, 0.5) is 5.69 Å². The van der Waals surface area contributed by atoms with E-state index in [1.807, 2.05) is 24.3 Å². The summed E-state index contributed by atoms with van der Waals surface area (Å²) < 4.78 is 6.14. The van der Waals surface area contributed by atoms with Gasteiger partial charge in [-0.15, -0.1) is 0 Å². The number of rotatable bonds is 3. The lowest BCUT2D eigenvalue weighted by molar-refractivity contribution is 0.0696. The van der Waals surface area contributed by atoms with E-state index in [0.29, 0.717) is 11.5 Å². The van der Waals surface area contributed by atoms with Gasteiger partial charge in [0.15, 0.2) is 5.11 Å². The molecule has 0 bridgehead atoms. The Hall–Kier alpha value is -2.58. The second-order valence-corrected chi connectivity index (χ2v) is 7.70. The molecule has 1 aliphatic heterocycles. The molecule has 0 amide bonds. The van der Waals surface area contributed by atoms with E-state index in [1.165, 1.54) is 5.56 Å². The molecule has 1 atom stereocenters. The highest BCUT2D eigenvalue weighted by atomic mass is 32.1. The molecule has 1 heterocycles. The van der Waals surface area contributed by atoms with Gasteiger partial charge in [-0.2, -0.15) is 5.26 Å². The summed E-state index contributed by atoms with van der Waals surface area (Å²) >= 11 is 5.52. The predicted octanol–water partition coefficient (Wildman–Crippen LogP) is 4.65. The summed E-state index contributed by atoms with van der Waals surface area (Å²) in [5.41, 5.74) is 3.95. The maximum absolute atomic E-state index is 8.75. The van der Waals surface area contributed by atoms with Gasteiger partial charge >= 0.3 is 0 Å². The van der Waals surface area contributed by atoms with Crippen LogP contribution in [0, 0.1) is 18.3 Å². The fourth-order valence-corrected chi connectivity index (χ4v) is 3.47. The third kappa shape index (κ3) is 4.33. The number of aryl methyl sites for hydroxylation is 1. The highest BCUT2D eigenvalue weighted by molar-refractivity contribution is 7.80. The summed E-state index contributed by atoms with van der Waals surface area (Å²) in [5, 5.41) is 16.0. The lowest BCUT2D eigenvalue weighted by Crippen LogP contribution is -2.42. The number of ether oxygens (including phenoxy) is 1. The Morgan fingerprint density at radius 1 is 1.27 bits per heavy atom. The number of nitriles is 1. The number of nitrogens with zero attached hydrogens (tertiary/aromatic N) is 1. The minimum Gasteiger partial charge on any atom is -0.487 e. The van der Waals surface area contributed by atoms with Crippen LogP contribution in [0.5, 0.6) is 5.75 Å². The van der Waals surface area contributed by atoms with Crippen LogP contribution in [0.3, 0.4) is 0 Å². The van der Waals surface area contributed by atoms with Gasteiger partial charge in [-0.1, -0.05) is 24.3 Å². The zero-order valence-corrected chi connectivity index (χ0v) is 16.1. The Morgan fingerprint density at radius 3 is 2.69 bits per heavy atom. The van der Waals surface area contributed by atoms with Crippen LogP contribution in [0.2, 0.25) is 0 Å². The van der Waals surface area contributed by atoms with Gasteiger partial charge in [-0.05, 0) is 62.3 Å². The van der Waals surface area contributed by atoms with E-state index in [1.54, 1.807) is 0 Å².